The number of hydrogen-bond acceptors (Lipinski definition) is 5. The van der Waals surface area contributed by atoms with Gasteiger partial charge in [-0.2, -0.15) is 4.98 Å². The van der Waals surface area contributed by atoms with E-state index in [9.17, 15) is 4.79 Å². The molecule has 0 saturated carbocycles. The van der Waals surface area contributed by atoms with Crippen LogP contribution in [0.5, 0.6) is 11.6 Å². The molecule has 108 valence electrons. The van der Waals surface area contributed by atoms with E-state index < -0.39 is 0 Å². The van der Waals surface area contributed by atoms with Crippen LogP contribution in [0.3, 0.4) is 0 Å². The van der Waals surface area contributed by atoms with Crippen LogP contribution in [-0.2, 0) is 11.2 Å². The van der Waals surface area contributed by atoms with E-state index in [1.807, 2.05) is 19.1 Å². The number of aromatic nitrogens is 2. The summed E-state index contributed by atoms with van der Waals surface area (Å²) in [6, 6.07) is 5.56. The van der Waals surface area contributed by atoms with Gasteiger partial charge in [-0.3, -0.25) is 4.79 Å². The molecule has 6 nitrogen and oxygen atoms in total. The number of fused-ring (bicyclic) bond motifs is 1. The predicted molar refractivity (Wildman–Crippen MR) is 79.4 cm³/mol. The minimum Gasteiger partial charge on any atom is -0.439 e. The Morgan fingerprint density at radius 1 is 1.24 bits per heavy atom. The van der Waals surface area contributed by atoms with E-state index in [-0.39, 0.29) is 5.91 Å². The lowest BCUT2D eigenvalue weighted by atomic mass is 10.0. The Hall–Kier alpha value is -2.63. The molecule has 0 unspecified atom stereocenters. The molecule has 0 atom stereocenters. The van der Waals surface area contributed by atoms with Gasteiger partial charge in [0.2, 0.25) is 11.8 Å². The van der Waals surface area contributed by atoms with Crippen LogP contribution in [0.25, 0.3) is 0 Å². The van der Waals surface area contributed by atoms with E-state index >= 15 is 0 Å². The first-order valence-electron chi connectivity index (χ1n) is 6.74. The molecule has 0 fully saturated rings. The van der Waals surface area contributed by atoms with Crippen molar-refractivity contribution in [3.63, 3.8) is 0 Å². The van der Waals surface area contributed by atoms with Crippen LogP contribution in [0.1, 0.15) is 23.4 Å². The van der Waals surface area contributed by atoms with Crippen LogP contribution in [0.2, 0.25) is 0 Å². The molecular weight excluding hydrogens is 268 g/mol. The highest BCUT2D eigenvalue weighted by Gasteiger charge is 2.16. The fourth-order valence-corrected chi connectivity index (χ4v) is 2.26. The monoisotopic (exact) mass is 284 g/mol. The Kier molecular flexibility index (Phi) is 3.21. The molecule has 3 rings (SSSR count). The van der Waals surface area contributed by atoms with Gasteiger partial charge in [0.15, 0.2) is 0 Å². The first kappa shape index (κ1) is 13.4. The second-order valence-corrected chi connectivity index (χ2v) is 5.06. The summed E-state index contributed by atoms with van der Waals surface area (Å²) in [7, 11) is 0. The topological polar surface area (TPSA) is 90.1 Å². The number of nitrogen functional groups attached to an aromatic ring is 1. The molecule has 2 heterocycles. The molecule has 0 bridgehead atoms. The zero-order valence-electron chi connectivity index (χ0n) is 11.9. The molecule has 2 aromatic rings. The van der Waals surface area contributed by atoms with Crippen molar-refractivity contribution in [3.8, 4) is 11.6 Å². The summed E-state index contributed by atoms with van der Waals surface area (Å²) in [6.45, 7) is 3.59. The highest BCUT2D eigenvalue weighted by molar-refractivity contribution is 5.94. The molecule has 1 aliphatic rings. The molecule has 1 aromatic heterocycles. The van der Waals surface area contributed by atoms with Gasteiger partial charge in [-0.15, -0.1) is 0 Å². The summed E-state index contributed by atoms with van der Waals surface area (Å²) >= 11 is 0. The molecular formula is C15H16N4O2. The van der Waals surface area contributed by atoms with Crippen molar-refractivity contribution >= 4 is 17.4 Å². The molecule has 0 radical (unpaired) electrons. The van der Waals surface area contributed by atoms with Crippen molar-refractivity contribution in [2.24, 2.45) is 0 Å². The van der Waals surface area contributed by atoms with Crippen molar-refractivity contribution in [2.45, 2.75) is 26.7 Å². The largest absolute Gasteiger partial charge is 0.439 e. The summed E-state index contributed by atoms with van der Waals surface area (Å²) in [5.41, 5.74) is 8.44. The van der Waals surface area contributed by atoms with Gasteiger partial charge in [0.25, 0.3) is 0 Å². The van der Waals surface area contributed by atoms with Gasteiger partial charge in [0, 0.05) is 12.1 Å². The summed E-state index contributed by atoms with van der Waals surface area (Å²) in [4.78, 5) is 19.7. The van der Waals surface area contributed by atoms with Gasteiger partial charge in [-0.25, -0.2) is 4.98 Å². The van der Waals surface area contributed by atoms with Crippen LogP contribution < -0.4 is 15.8 Å². The maximum atomic E-state index is 11.3. The number of carbonyl (C=O) groups is 1. The predicted octanol–water partition coefficient (Wildman–Crippen LogP) is 2.35. The van der Waals surface area contributed by atoms with Gasteiger partial charge >= 0.3 is 0 Å². The Morgan fingerprint density at radius 3 is 2.86 bits per heavy atom. The number of nitrogens with one attached hydrogen (secondary N) is 1. The van der Waals surface area contributed by atoms with E-state index in [4.69, 9.17) is 10.5 Å². The average Bonchev–Trinajstić information content (AvgIpc) is 2.44. The first-order valence-corrected chi connectivity index (χ1v) is 6.74. The normalized spacial score (nSPS) is 13.5. The lowest BCUT2D eigenvalue weighted by molar-refractivity contribution is -0.116. The maximum Gasteiger partial charge on any atom is 0.227 e. The zero-order chi connectivity index (χ0) is 15.0. The quantitative estimate of drug-likeness (QED) is 0.883. The van der Waals surface area contributed by atoms with Crippen LogP contribution in [0.15, 0.2) is 18.2 Å². The number of rotatable bonds is 2. The SMILES string of the molecule is Cc1nc(N)c(C)c(Oc2ccc3c(c2)CCC(=O)N3)n1. The van der Waals surface area contributed by atoms with E-state index in [0.717, 1.165) is 11.3 Å². The fourth-order valence-electron chi connectivity index (χ4n) is 2.26. The lowest BCUT2D eigenvalue weighted by Gasteiger charge is -2.18. The number of carbonyl (C=O) groups excluding carboxylic acids is 1. The number of benzene rings is 1. The van der Waals surface area contributed by atoms with Crippen molar-refractivity contribution in [1.82, 2.24) is 9.97 Å². The van der Waals surface area contributed by atoms with Gasteiger partial charge in [0.05, 0.1) is 5.56 Å². The lowest BCUT2D eigenvalue weighted by Crippen LogP contribution is -2.18. The summed E-state index contributed by atoms with van der Waals surface area (Å²) in [6.07, 6.45) is 1.21. The highest BCUT2D eigenvalue weighted by atomic mass is 16.5. The van der Waals surface area contributed by atoms with Gasteiger partial charge in [-0.1, -0.05) is 0 Å². The standard InChI is InChI=1S/C15H16N4O2/c1-8-14(16)17-9(2)18-15(8)21-11-4-5-12-10(7-11)3-6-13(20)19-12/h4-5,7H,3,6H2,1-2H3,(H,19,20)(H2,16,17,18). The highest BCUT2D eigenvalue weighted by Crippen LogP contribution is 2.30. The van der Waals surface area contributed by atoms with Gasteiger partial charge in [0.1, 0.15) is 17.4 Å². The Morgan fingerprint density at radius 2 is 2.05 bits per heavy atom. The third kappa shape index (κ3) is 2.65. The number of amides is 1. The van der Waals surface area contributed by atoms with Crippen LogP contribution in [-0.4, -0.2) is 15.9 Å². The molecule has 0 spiro atoms. The molecule has 0 saturated heterocycles. The Labute approximate surface area is 122 Å². The first-order chi connectivity index (χ1) is 10.0. The van der Waals surface area contributed by atoms with Crippen molar-refractivity contribution in [3.05, 3.63) is 35.2 Å². The van der Waals surface area contributed by atoms with E-state index in [1.54, 1.807) is 13.0 Å². The molecule has 6 heteroatoms. The Bertz CT molecular complexity index is 728. The number of anilines is 2. The Balaban J connectivity index is 1.91. The number of ether oxygens (including phenoxy) is 1. The van der Waals surface area contributed by atoms with E-state index in [0.29, 0.717) is 41.7 Å². The molecule has 1 amide bonds. The summed E-state index contributed by atoms with van der Waals surface area (Å²) in [5, 5.41) is 2.84. The van der Waals surface area contributed by atoms with Crippen molar-refractivity contribution in [1.29, 1.82) is 0 Å². The maximum absolute atomic E-state index is 11.3. The van der Waals surface area contributed by atoms with Crippen molar-refractivity contribution < 1.29 is 9.53 Å². The molecule has 0 aliphatic carbocycles. The van der Waals surface area contributed by atoms with Gasteiger partial charge in [-0.05, 0) is 44.0 Å². The second kappa shape index (κ2) is 5.05. The van der Waals surface area contributed by atoms with Crippen molar-refractivity contribution in [2.75, 3.05) is 11.1 Å². The zero-order valence-corrected chi connectivity index (χ0v) is 11.9. The molecule has 21 heavy (non-hydrogen) atoms. The summed E-state index contributed by atoms with van der Waals surface area (Å²) < 4.78 is 5.82. The van der Waals surface area contributed by atoms with Crippen LogP contribution in [0.4, 0.5) is 11.5 Å². The van der Waals surface area contributed by atoms with Crippen LogP contribution in [0, 0.1) is 13.8 Å². The minimum absolute atomic E-state index is 0.0474. The minimum atomic E-state index is 0.0474. The number of nitrogens with two attached hydrogens (primary N) is 1. The fraction of sp³-hybridized carbons (Fsp3) is 0.267. The second-order valence-electron chi connectivity index (χ2n) is 5.06. The summed E-state index contributed by atoms with van der Waals surface area (Å²) in [5.74, 6) is 2.16. The third-order valence-corrected chi connectivity index (χ3v) is 3.44. The molecule has 1 aromatic carbocycles. The van der Waals surface area contributed by atoms with Crippen LogP contribution >= 0.6 is 0 Å². The smallest absolute Gasteiger partial charge is 0.227 e. The number of nitrogens with zero attached hydrogens (tertiary/aromatic N) is 2. The van der Waals surface area contributed by atoms with Gasteiger partial charge < -0.3 is 15.8 Å². The number of aryl methyl sites for hydroxylation is 2. The number of hydrogen-bond donors (Lipinski definition) is 2. The molecule has 3 N–H and O–H groups in total. The molecule has 1 aliphatic heterocycles. The van der Waals surface area contributed by atoms with E-state index in [1.165, 1.54) is 0 Å². The van der Waals surface area contributed by atoms with E-state index in [2.05, 4.69) is 15.3 Å². The third-order valence-electron chi connectivity index (χ3n) is 3.44. The average molecular weight is 284 g/mol.